The van der Waals surface area contributed by atoms with Crippen LogP contribution in [-0.2, 0) is 0 Å². The second kappa shape index (κ2) is 4.80. The van der Waals surface area contributed by atoms with Gasteiger partial charge in [-0.3, -0.25) is 5.41 Å². The van der Waals surface area contributed by atoms with Crippen molar-refractivity contribution in [1.82, 2.24) is 0 Å². The fourth-order valence-corrected chi connectivity index (χ4v) is 0.924. The van der Waals surface area contributed by atoms with Crippen LogP contribution in [0.15, 0.2) is 36.4 Å². The van der Waals surface area contributed by atoms with Crippen molar-refractivity contribution in [2.75, 3.05) is 0 Å². The van der Waals surface area contributed by atoms with Gasteiger partial charge >= 0.3 is 0 Å². The minimum atomic E-state index is -0.998. The monoisotopic (exact) mass is 195 g/mol. The molecule has 2 nitrogen and oxygen atoms in total. The second-order valence-electron chi connectivity index (χ2n) is 2.56. The van der Waals surface area contributed by atoms with E-state index in [9.17, 15) is 0 Å². The summed E-state index contributed by atoms with van der Waals surface area (Å²) in [7, 11) is 0. The molecule has 3 heteroatoms. The Balaban J connectivity index is 2.64. The number of nitrogens with one attached hydrogen (secondary N) is 1. The van der Waals surface area contributed by atoms with Crippen LogP contribution in [0.25, 0.3) is 6.08 Å². The summed E-state index contributed by atoms with van der Waals surface area (Å²) in [5.74, 6) is 0. The van der Waals surface area contributed by atoms with Crippen molar-refractivity contribution in [3.63, 3.8) is 0 Å². The molecule has 0 saturated carbocycles. The fraction of sp³-hybridized carbons (Fsp3) is 0.100. The second-order valence-corrected chi connectivity index (χ2v) is 2.97. The largest absolute Gasteiger partial charge is 0.382 e. The number of aliphatic hydroxyl groups is 1. The van der Waals surface area contributed by atoms with Crippen LogP contribution in [-0.4, -0.2) is 16.4 Å². The summed E-state index contributed by atoms with van der Waals surface area (Å²) < 4.78 is 0. The predicted octanol–water partition coefficient (Wildman–Crippen LogP) is 2.28. The van der Waals surface area contributed by atoms with Crippen molar-refractivity contribution in [2.45, 2.75) is 6.10 Å². The zero-order chi connectivity index (χ0) is 9.68. The number of rotatable bonds is 3. The molecule has 0 aliphatic heterocycles. The van der Waals surface area contributed by atoms with E-state index in [0.717, 1.165) is 5.56 Å². The maximum absolute atomic E-state index is 9.14. The normalized spacial score (nSPS) is 13.1. The topological polar surface area (TPSA) is 44.1 Å². The van der Waals surface area contributed by atoms with Gasteiger partial charge in [0.1, 0.15) is 11.3 Å². The highest BCUT2D eigenvalue weighted by atomic mass is 35.5. The van der Waals surface area contributed by atoms with Gasteiger partial charge in [0.2, 0.25) is 0 Å². The molecule has 0 bridgehead atoms. The van der Waals surface area contributed by atoms with Gasteiger partial charge in [0.15, 0.2) is 0 Å². The summed E-state index contributed by atoms with van der Waals surface area (Å²) in [4.78, 5) is 0. The Labute approximate surface area is 82.0 Å². The third kappa shape index (κ3) is 3.40. The maximum atomic E-state index is 9.14. The molecule has 2 N–H and O–H groups in total. The van der Waals surface area contributed by atoms with E-state index in [4.69, 9.17) is 22.1 Å². The first-order valence-electron chi connectivity index (χ1n) is 3.85. The first kappa shape index (κ1) is 9.96. The summed E-state index contributed by atoms with van der Waals surface area (Å²) in [5.41, 5.74) is 0.972. The standard InChI is InChI=1S/C10H10ClNO/c11-10(12)9(13)7-6-8-4-2-1-3-5-8/h1-7,9,12-13H. The van der Waals surface area contributed by atoms with Crippen LogP contribution in [0.3, 0.4) is 0 Å². The SMILES string of the molecule is N=C(Cl)C(O)C=Cc1ccccc1. The van der Waals surface area contributed by atoms with E-state index in [1.54, 1.807) is 6.08 Å². The molecule has 0 spiro atoms. The molecule has 0 aliphatic carbocycles. The molecule has 0 aliphatic rings. The molecule has 13 heavy (non-hydrogen) atoms. The molecule has 0 fully saturated rings. The zero-order valence-electron chi connectivity index (χ0n) is 6.94. The molecule has 1 aromatic carbocycles. The van der Waals surface area contributed by atoms with E-state index in [0.29, 0.717) is 0 Å². The van der Waals surface area contributed by atoms with Gasteiger partial charge in [-0.2, -0.15) is 0 Å². The molecule has 0 radical (unpaired) electrons. The number of hydrogen-bond acceptors (Lipinski definition) is 2. The highest BCUT2D eigenvalue weighted by Crippen LogP contribution is 2.03. The van der Waals surface area contributed by atoms with Crippen LogP contribution in [0.4, 0.5) is 0 Å². The first-order chi connectivity index (χ1) is 6.20. The zero-order valence-corrected chi connectivity index (χ0v) is 7.70. The molecular weight excluding hydrogens is 186 g/mol. The molecule has 0 saturated heterocycles. The van der Waals surface area contributed by atoms with E-state index in [1.165, 1.54) is 6.08 Å². The van der Waals surface area contributed by atoms with Crippen molar-refractivity contribution >= 4 is 22.8 Å². The van der Waals surface area contributed by atoms with E-state index in [1.807, 2.05) is 30.3 Å². The van der Waals surface area contributed by atoms with Crippen molar-refractivity contribution in [3.8, 4) is 0 Å². The van der Waals surface area contributed by atoms with Crippen molar-refractivity contribution in [2.24, 2.45) is 0 Å². The fourth-order valence-electron chi connectivity index (χ4n) is 0.851. The number of benzene rings is 1. The Morgan fingerprint density at radius 1 is 1.38 bits per heavy atom. The van der Waals surface area contributed by atoms with Crippen molar-refractivity contribution in [1.29, 1.82) is 5.41 Å². The Morgan fingerprint density at radius 2 is 2.00 bits per heavy atom. The molecule has 1 atom stereocenters. The van der Waals surface area contributed by atoms with E-state index < -0.39 is 6.10 Å². The summed E-state index contributed by atoms with van der Waals surface area (Å²) >= 11 is 5.28. The van der Waals surface area contributed by atoms with Gasteiger partial charge in [0.25, 0.3) is 0 Å². The van der Waals surface area contributed by atoms with Gasteiger partial charge in [-0.1, -0.05) is 48.0 Å². The summed E-state index contributed by atoms with van der Waals surface area (Å²) in [6.07, 6.45) is 2.20. The van der Waals surface area contributed by atoms with Crippen LogP contribution in [0.5, 0.6) is 0 Å². The van der Waals surface area contributed by atoms with Gasteiger partial charge in [-0.25, -0.2) is 0 Å². The summed E-state index contributed by atoms with van der Waals surface area (Å²) in [6, 6.07) is 9.52. The van der Waals surface area contributed by atoms with E-state index in [2.05, 4.69) is 0 Å². The minimum absolute atomic E-state index is 0.271. The number of hydrogen-bond donors (Lipinski definition) is 2. The van der Waals surface area contributed by atoms with E-state index >= 15 is 0 Å². The molecule has 0 heterocycles. The van der Waals surface area contributed by atoms with Gasteiger partial charge in [0.05, 0.1) is 0 Å². The lowest BCUT2D eigenvalue weighted by Crippen LogP contribution is -2.09. The van der Waals surface area contributed by atoms with Crippen LogP contribution in [0, 0.1) is 5.41 Å². The van der Waals surface area contributed by atoms with Gasteiger partial charge in [-0.15, -0.1) is 0 Å². The Kier molecular flexibility index (Phi) is 3.68. The van der Waals surface area contributed by atoms with Crippen LogP contribution in [0.1, 0.15) is 5.56 Å². The van der Waals surface area contributed by atoms with Crippen LogP contribution >= 0.6 is 11.6 Å². The number of halogens is 1. The third-order valence-electron chi connectivity index (χ3n) is 1.53. The first-order valence-corrected chi connectivity index (χ1v) is 4.23. The Hall–Kier alpha value is -1.12. The van der Waals surface area contributed by atoms with Gasteiger partial charge < -0.3 is 5.11 Å². The molecule has 1 rings (SSSR count). The van der Waals surface area contributed by atoms with Gasteiger partial charge in [0, 0.05) is 0 Å². The molecule has 1 aromatic rings. The van der Waals surface area contributed by atoms with Crippen molar-refractivity contribution < 1.29 is 5.11 Å². The third-order valence-corrected chi connectivity index (χ3v) is 1.75. The quantitative estimate of drug-likeness (QED) is 0.715. The lowest BCUT2D eigenvalue weighted by atomic mass is 10.2. The molecule has 68 valence electrons. The smallest absolute Gasteiger partial charge is 0.130 e. The van der Waals surface area contributed by atoms with Gasteiger partial charge in [-0.05, 0) is 11.6 Å². The predicted molar refractivity (Wildman–Crippen MR) is 55.1 cm³/mol. The highest BCUT2D eigenvalue weighted by molar-refractivity contribution is 6.65. The maximum Gasteiger partial charge on any atom is 0.130 e. The summed E-state index contributed by atoms with van der Waals surface area (Å²) in [5, 5.41) is 15.8. The summed E-state index contributed by atoms with van der Waals surface area (Å²) in [6.45, 7) is 0. The molecule has 1 unspecified atom stereocenters. The molecule has 0 aromatic heterocycles. The Morgan fingerprint density at radius 3 is 2.54 bits per heavy atom. The average molecular weight is 196 g/mol. The lowest BCUT2D eigenvalue weighted by Gasteiger charge is -1.98. The molecular formula is C10H10ClNO. The highest BCUT2D eigenvalue weighted by Gasteiger charge is 2.01. The molecule has 0 amide bonds. The number of aliphatic hydroxyl groups excluding tert-OH is 1. The van der Waals surface area contributed by atoms with Crippen molar-refractivity contribution in [3.05, 3.63) is 42.0 Å². The Bertz CT molecular complexity index is 308. The van der Waals surface area contributed by atoms with Crippen LogP contribution in [0.2, 0.25) is 0 Å². The van der Waals surface area contributed by atoms with E-state index in [-0.39, 0.29) is 5.17 Å². The van der Waals surface area contributed by atoms with Crippen LogP contribution < -0.4 is 0 Å². The minimum Gasteiger partial charge on any atom is -0.382 e. The average Bonchev–Trinajstić information content (AvgIpc) is 2.15. The lowest BCUT2D eigenvalue weighted by molar-refractivity contribution is 0.292.